The summed E-state index contributed by atoms with van der Waals surface area (Å²) in [5.41, 5.74) is 2.15. The average Bonchev–Trinajstić information content (AvgIpc) is 2.84. The summed E-state index contributed by atoms with van der Waals surface area (Å²) in [4.78, 5) is 12.0. The summed E-state index contributed by atoms with van der Waals surface area (Å²) < 4.78 is 23.1. The van der Waals surface area contributed by atoms with E-state index in [0.717, 1.165) is 17.4 Å². The maximum Gasteiger partial charge on any atom is 0.334 e. The first-order valence-electron chi connectivity index (χ1n) is 11.3. The molecule has 1 saturated carbocycles. The van der Waals surface area contributed by atoms with Crippen LogP contribution in [0.2, 0.25) is 0 Å². The van der Waals surface area contributed by atoms with E-state index in [1.807, 2.05) is 30.3 Å². The van der Waals surface area contributed by atoms with Gasteiger partial charge in [-0.2, -0.15) is 0 Å². The lowest BCUT2D eigenvalue weighted by atomic mass is 9.65. The highest BCUT2D eigenvalue weighted by Gasteiger charge is 2.54. The lowest BCUT2D eigenvalue weighted by molar-refractivity contribution is -0.346. The average molecular weight is 476 g/mol. The van der Waals surface area contributed by atoms with E-state index < -0.39 is 67.5 Å². The van der Waals surface area contributed by atoms with Crippen LogP contribution in [-0.4, -0.2) is 81.2 Å². The molecule has 10 atom stereocenters. The summed E-state index contributed by atoms with van der Waals surface area (Å²) >= 11 is 0. The fourth-order valence-electron chi connectivity index (χ4n) is 5.51. The van der Waals surface area contributed by atoms with Crippen LogP contribution in [0.1, 0.15) is 18.4 Å². The maximum atomic E-state index is 12.0. The molecule has 1 saturated heterocycles. The molecule has 10 nitrogen and oxygen atoms in total. The minimum absolute atomic E-state index is 0.0798. The lowest BCUT2D eigenvalue weighted by Gasteiger charge is -2.49. The number of hydrogen-bond acceptors (Lipinski definition) is 9. The van der Waals surface area contributed by atoms with Crippen molar-refractivity contribution in [3.05, 3.63) is 54.0 Å². The third-order valence-electron chi connectivity index (χ3n) is 7.27. The fraction of sp³-hybridized carbons (Fsp3) is 0.542. The van der Waals surface area contributed by atoms with Gasteiger partial charge in [0.05, 0.1) is 30.6 Å². The Balaban J connectivity index is 1.41. The van der Waals surface area contributed by atoms with Gasteiger partial charge in [0.25, 0.3) is 0 Å². The highest BCUT2D eigenvalue weighted by molar-refractivity contribution is 5.87. The van der Waals surface area contributed by atoms with Crippen LogP contribution in [-0.2, 0) is 23.7 Å². The number of fused-ring (bicyclic) bond motifs is 4. The number of rotatable bonds is 5. The molecule has 0 radical (unpaired) electrons. The lowest BCUT2D eigenvalue weighted by Crippen LogP contribution is -2.61. The minimum atomic E-state index is -1.60. The molecule has 2 bridgehead atoms. The molecule has 0 aromatic heterocycles. The molecule has 2 fully saturated rings. The number of carboxylic acid groups (broad SMARTS) is 1. The molecule has 34 heavy (non-hydrogen) atoms. The largest absolute Gasteiger partial charge is 0.497 e. The van der Waals surface area contributed by atoms with Crippen LogP contribution in [0.4, 0.5) is 0 Å². The molecule has 5 rings (SSSR count). The number of allylic oxidation sites excluding steroid dienone is 1. The first-order valence-corrected chi connectivity index (χ1v) is 11.3. The Labute approximate surface area is 195 Å². The quantitative estimate of drug-likeness (QED) is 0.398. The molecule has 0 amide bonds. The van der Waals surface area contributed by atoms with E-state index in [4.69, 9.17) is 18.9 Å². The van der Waals surface area contributed by atoms with E-state index in [-0.39, 0.29) is 11.5 Å². The Hall–Kier alpha value is -2.47. The van der Waals surface area contributed by atoms with Gasteiger partial charge in [0.2, 0.25) is 6.29 Å². The second kappa shape index (κ2) is 9.29. The molecule has 10 heteroatoms. The van der Waals surface area contributed by atoms with Gasteiger partial charge in [-0.25, -0.2) is 4.79 Å². The molecule has 0 spiro atoms. The van der Waals surface area contributed by atoms with Gasteiger partial charge < -0.3 is 44.5 Å². The Bertz CT molecular complexity index is 960. The van der Waals surface area contributed by atoms with E-state index in [1.54, 1.807) is 6.26 Å². The standard InChI is InChI=1S/C24H28O10/c25-8-17-19(26)20(27)21(28)24(33-17)34-23-18-13(15(10-32-23)22(29)30)6-12-7-16(18)31-9-14(12)11-4-2-1-3-5-11/h1-5,9-10,12-13,16-21,23-28H,6-8H2,(H,29,30)/t12-,13-,16-,17-,18+,19-,20?,21?,23+,24+/m1/s1. The topological polar surface area (TPSA) is 155 Å². The van der Waals surface area contributed by atoms with Crippen molar-refractivity contribution in [3.63, 3.8) is 0 Å². The number of carbonyl (C=O) groups is 1. The van der Waals surface area contributed by atoms with E-state index in [1.165, 1.54) is 0 Å². The third kappa shape index (κ3) is 4.00. The minimum Gasteiger partial charge on any atom is -0.497 e. The molecule has 1 aliphatic carbocycles. The van der Waals surface area contributed by atoms with Crippen LogP contribution < -0.4 is 0 Å². The molecule has 3 heterocycles. The molecule has 1 aromatic rings. The summed E-state index contributed by atoms with van der Waals surface area (Å²) in [5.74, 6) is -1.98. The molecule has 4 aliphatic rings. The number of benzene rings is 1. The zero-order chi connectivity index (χ0) is 24.0. The predicted octanol–water partition coefficient (Wildman–Crippen LogP) is 0.210. The molecular formula is C24H28O10. The normalized spacial score (nSPS) is 41.3. The van der Waals surface area contributed by atoms with Gasteiger partial charge in [0.15, 0.2) is 6.29 Å². The fourth-order valence-corrected chi connectivity index (χ4v) is 5.51. The Morgan fingerprint density at radius 1 is 0.971 bits per heavy atom. The van der Waals surface area contributed by atoms with Crippen LogP contribution in [0.5, 0.6) is 0 Å². The molecule has 2 unspecified atom stereocenters. The second-order valence-electron chi connectivity index (χ2n) is 9.18. The van der Waals surface area contributed by atoms with Gasteiger partial charge >= 0.3 is 5.97 Å². The molecular weight excluding hydrogens is 448 g/mol. The first kappa shape index (κ1) is 23.3. The number of ether oxygens (including phenoxy) is 4. The number of aliphatic carboxylic acids is 1. The zero-order valence-corrected chi connectivity index (χ0v) is 18.2. The number of aliphatic hydroxyl groups excluding tert-OH is 4. The van der Waals surface area contributed by atoms with E-state index in [2.05, 4.69) is 0 Å². The third-order valence-corrected chi connectivity index (χ3v) is 7.27. The van der Waals surface area contributed by atoms with Crippen molar-refractivity contribution in [2.75, 3.05) is 6.61 Å². The second-order valence-corrected chi connectivity index (χ2v) is 9.18. The maximum absolute atomic E-state index is 12.0. The van der Waals surface area contributed by atoms with Crippen molar-refractivity contribution < 1.29 is 49.3 Å². The number of carboxylic acids is 1. The van der Waals surface area contributed by atoms with Gasteiger partial charge in [-0.1, -0.05) is 30.3 Å². The number of hydrogen-bond donors (Lipinski definition) is 5. The van der Waals surface area contributed by atoms with Crippen molar-refractivity contribution in [1.29, 1.82) is 0 Å². The summed E-state index contributed by atoms with van der Waals surface area (Å²) in [6.07, 6.45) is -4.65. The predicted molar refractivity (Wildman–Crippen MR) is 114 cm³/mol. The van der Waals surface area contributed by atoms with Crippen molar-refractivity contribution >= 4 is 11.5 Å². The smallest absolute Gasteiger partial charge is 0.334 e. The van der Waals surface area contributed by atoms with E-state index in [0.29, 0.717) is 12.8 Å². The summed E-state index contributed by atoms with van der Waals surface area (Å²) in [6, 6.07) is 9.79. The van der Waals surface area contributed by atoms with Gasteiger partial charge in [-0.15, -0.1) is 0 Å². The highest BCUT2D eigenvalue weighted by Crippen LogP contribution is 2.51. The monoisotopic (exact) mass is 476 g/mol. The molecule has 3 aliphatic heterocycles. The van der Waals surface area contributed by atoms with Crippen LogP contribution in [0.15, 0.2) is 48.4 Å². The summed E-state index contributed by atoms with van der Waals surface area (Å²) in [6.45, 7) is -0.591. The number of aliphatic hydroxyl groups is 4. The van der Waals surface area contributed by atoms with Gasteiger partial charge in [0, 0.05) is 5.92 Å². The Morgan fingerprint density at radius 2 is 1.74 bits per heavy atom. The van der Waals surface area contributed by atoms with Crippen LogP contribution in [0.25, 0.3) is 5.57 Å². The first-order chi connectivity index (χ1) is 16.4. The van der Waals surface area contributed by atoms with Crippen molar-refractivity contribution in [1.82, 2.24) is 0 Å². The van der Waals surface area contributed by atoms with E-state index in [9.17, 15) is 30.3 Å². The highest BCUT2D eigenvalue weighted by atomic mass is 16.8. The SMILES string of the molecule is O=C(O)C1=CO[C@@H](O[C@@H]2O[C@H](CO)[C@@H](O)C(O)C2O)[C@H]2[C@@H]1C[C@@H]1C[C@H]2OC=C1c1ccccc1. The van der Waals surface area contributed by atoms with Crippen molar-refractivity contribution in [2.45, 2.75) is 55.9 Å². The zero-order valence-electron chi connectivity index (χ0n) is 18.2. The van der Waals surface area contributed by atoms with Gasteiger partial charge in [-0.3, -0.25) is 0 Å². The van der Waals surface area contributed by atoms with Gasteiger partial charge in [-0.05, 0) is 29.9 Å². The Morgan fingerprint density at radius 3 is 2.44 bits per heavy atom. The van der Waals surface area contributed by atoms with Gasteiger partial charge in [0.1, 0.15) is 30.5 Å². The molecule has 184 valence electrons. The van der Waals surface area contributed by atoms with Crippen molar-refractivity contribution in [3.8, 4) is 0 Å². The van der Waals surface area contributed by atoms with E-state index >= 15 is 0 Å². The Kier molecular flexibility index (Phi) is 6.36. The molecule has 1 aromatic carbocycles. The van der Waals surface area contributed by atoms with Crippen molar-refractivity contribution in [2.24, 2.45) is 17.8 Å². The molecule has 5 N–H and O–H groups in total. The summed E-state index contributed by atoms with van der Waals surface area (Å²) in [7, 11) is 0. The van der Waals surface area contributed by atoms with Crippen LogP contribution in [0.3, 0.4) is 0 Å². The van der Waals surface area contributed by atoms with Crippen LogP contribution >= 0.6 is 0 Å². The summed E-state index contributed by atoms with van der Waals surface area (Å²) in [5, 5.41) is 49.7. The van der Waals surface area contributed by atoms with Crippen LogP contribution in [0, 0.1) is 17.8 Å².